The Balaban J connectivity index is 2.06. The molecule has 3 N–H and O–H groups in total. The zero-order valence-electron chi connectivity index (χ0n) is 11.4. The molecule has 1 aliphatic heterocycles. The lowest BCUT2D eigenvalue weighted by molar-refractivity contribution is -0.136. The Morgan fingerprint density at radius 2 is 2.05 bits per heavy atom. The lowest BCUT2D eigenvalue weighted by Gasteiger charge is -2.40. The van der Waals surface area contributed by atoms with E-state index < -0.39 is 0 Å². The van der Waals surface area contributed by atoms with Crippen molar-refractivity contribution in [2.75, 3.05) is 6.54 Å². The molecule has 2 unspecified atom stereocenters. The van der Waals surface area contributed by atoms with Crippen molar-refractivity contribution in [2.45, 2.75) is 44.7 Å². The molecule has 0 bridgehead atoms. The van der Waals surface area contributed by atoms with Crippen LogP contribution in [-0.2, 0) is 11.2 Å². The highest BCUT2D eigenvalue weighted by molar-refractivity contribution is 5.79. The van der Waals surface area contributed by atoms with Crippen LogP contribution in [0.15, 0.2) is 24.3 Å². The number of likely N-dealkylation sites (tertiary alicyclic amines) is 1. The fraction of sp³-hybridized carbons (Fsp3) is 0.533. The number of piperidine rings is 1. The lowest BCUT2D eigenvalue weighted by atomic mass is 9.95. The van der Waals surface area contributed by atoms with Gasteiger partial charge in [-0.3, -0.25) is 4.79 Å². The van der Waals surface area contributed by atoms with E-state index >= 15 is 0 Å². The molecule has 1 heterocycles. The Bertz CT molecular complexity index is 430. The number of nitrogens with zero attached hydrogens (tertiary/aromatic N) is 1. The molecule has 1 aliphatic rings. The first-order valence-corrected chi connectivity index (χ1v) is 6.91. The van der Waals surface area contributed by atoms with Gasteiger partial charge in [-0.25, -0.2) is 0 Å². The molecular weight excluding hydrogens is 240 g/mol. The summed E-state index contributed by atoms with van der Waals surface area (Å²) in [4.78, 5) is 14.4. The van der Waals surface area contributed by atoms with Crippen molar-refractivity contribution in [2.24, 2.45) is 5.73 Å². The van der Waals surface area contributed by atoms with Gasteiger partial charge in [0, 0.05) is 18.6 Å². The van der Waals surface area contributed by atoms with Gasteiger partial charge in [0.2, 0.25) is 5.91 Å². The number of rotatable bonds is 3. The number of carbonyl (C=O) groups excluding carboxylic acids is 1. The first-order valence-electron chi connectivity index (χ1n) is 6.91. The Morgan fingerprint density at radius 1 is 1.37 bits per heavy atom. The van der Waals surface area contributed by atoms with Crippen molar-refractivity contribution < 1.29 is 9.90 Å². The van der Waals surface area contributed by atoms with Gasteiger partial charge >= 0.3 is 0 Å². The van der Waals surface area contributed by atoms with Crippen LogP contribution in [0.25, 0.3) is 0 Å². The summed E-state index contributed by atoms with van der Waals surface area (Å²) in [6.07, 6.45) is 3.58. The summed E-state index contributed by atoms with van der Waals surface area (Å²) in [6, 6.07) is 7.25. The summed E-state index contributed by atoms with van der Waals surface area (Å²) in [6.45, 7) is 2.63. The zero-order valence-corrected chi connectivity index (χ0v) is 11.4. The molecule has 0 radical (unpaired) electrons. The van der Waals surface area contributed by atoms with Gasteiger partial charge in [-0.15, -0.1) is 0 Å². The molecule has 4 nitrogen and oxygen atoms in total. The molecule has 2 atom stereocenters. The molecule has 0 aliphatic carbocycles. The van der Waals surface area contributed by atoms with Crippen molar-refractivity contribution in [3.8, 4) is 5.75 Å². The smallest absolute Gasteiger partial charge is 0.227 e. The molecule has 2 rings (SSSR count). The number of phenols is 1. The van der Waals surface area contributed by atoms with E-state index in [0.29, 0.717) is 13.0 Å². The Morgan fingerprint density at radius 3 is 2.68 bits per heavy atom. The highest BCUT2D eigenvalue weighted by Gasteiger charge is 2.30. The van der Waals surface area contributed by atoms with Crippen molar-refractivity contribution in [1.29, 1.82) is 0 Å². The molecule has 1 aromatic rings. The molecule has 1 saturated heterocycles. The first kappa shape index (κ1) is 13.9. The van der Waals surface area contributed by atoms with Crippen molar-refractivity contribution in [3.05, 3.63) is 29.8 Å². The third-order valence-electron chi connectivity index (χ3n) is 3.88. The van der Waals surface area contributed by atoms with Crippen LogP contribution < -0.4 is 5.73 Å². The minimum Gasteiger partial charge on any atom is -0.508 e. The van der Waals surface area contributed by atoms with Crippen molar-refractivity contribution >= 4 is 5.91 Å². The van der Waals surface area contributed by atoms with Crippen molar-refractivity contribution in [3.63, 3.8) is 0 Å². The topological polar surface area (TPSA) is 66.6 Å². The summed E-state index contributed by atoms with van der Waals surface area (Å²) in [5, 5.41) is 9.25. The fourth-order valence-electron chi connectivity index (χ4n) is 2.85. The highest BCUT2D eigenvalue weighted by Crippen LogP contribution is 2.23. The Labute approximate surface area is 114 Å². The quantitative estimate of drug-likeness (QED) is 0.870. The Kier molecular flexibility index (Phi) is 4.43. The van der Waals surface area contributed by atoms with E-state index in [2.05, 4.69) is 6.92 Å². The molecule has 0 saturated carbocycles. The summed E-state index contributed by atoms with van der Waals surface area (Å²) in [5.74, 6) is 0.357. The number of benzene rings is 1. The van der Waals surface area contributed by atoms with Crippen LogP contribution in [0.3, 0.4) is 0 Å². The van der Waals surface area contributed by atoms with E-state index in [4.69, 9.17) is 5.73 Å². The van der Waals surface area contributed by atoms with E-state index in [-0.39, 0.29) is 23.7 Å². The number of nitrogens with two attached hydrogens (primary N) is 1. The van der Waals surface area contributed by atoms with Crippen LogP contribution in [0.4, 0.5) is 0 Å². The fourth-order valence-corrected chi connectivity index (χ4v) is 2.85. The normalized spacial score (nSPS) is 23.4. The van der Waals surface area contributed by atoms with Crippen LogP contribution in [-0.4, -0.2) is 34.5 Å². The minimum absolute atomic E-state index is 0.133. The molecule has 1 amide bonds. The van der Waals surface area contributed by atoms with Crippen LogP contribution in [0.1, 0.15) is 31.7 Å². The number of carbonyl (C=O) groups is 1. The predicted molar refractivity (Wildman–Crippen MR) is 74.8 cm³/mol. The number of phenolic OH excluding ortho intramolecular Hbond substituents is 1. The monoisotopic (exact) mass is 262 g/mol. The van der Waals surface area contributed by atoms with Gasteiger partial charge in [0.05, 0.1) is 6.42 Å². The summed E-state index contributed by atoms with van der Waals surface area (Å²) < 4.78 is 0. The summed E-state index contributed by atoms with van der Waals surface area (Å²) in [7, 11) is 0. The molecule has 1 aromatic carbocycles. The highest BCUT2D eigenvalue weighted by atomic mass is 16.3. The molecule has 0 aromatic heterocycles. The molecule has 0 spiro atoms. The summed E-state index contributed by atoms with van der Waals surface area (Å²) >= 11 is 0. The minimum atomic E-state index is 0.133. The molecule has 4 heteroatoms. The molecule has 104 valence electrons. The lowest BCUT2D eigenvalue weighted by Crippen LogP contribution is -2.52. The van der Waals surface area contributed by atoms with Gasteiger partial charge in [-0.1, -0.05) is 12.1 Å². The number of hydrogen-bond acceptors (Lipinski definition) is 3. The third-order valence-corrected chi connectivity index (χ3v) is 3.88. The van der Waals surface area contributed by atoms with Gasteiger partial charge in [-0.05, 0) is 43.9 Å². The SMILES string of the molecule is CC1CCCC(CN)N1C(=O)Cc1ccc(O)cc1. The number of hydrogen-bond donors (Lipinski definition) is 2. The second-order valence-corrected chi connectivity index (χ2v) is 5.31. The average Bonchev–Trinajstić information content (AvgIpc) is 2.40. The van der Waals surface area contributed by atoms with Gasteiger partial charge in [0.1, 0.15) is 5.75 Å². The van der Waals surface area contributed by atoms with Gasteiger partial charge in [0.25, 0.3) is 0 Å². The van der Waals surface area contributed by atoms with Gasteiger partial charge in [0.15, 0.2) is 0 Å². The second kappa shape index (κ2) is 6.06. The summed E-state index contributed by atoms with van der Waals surface area (Å²) in [5.41, 5.74) is 6.71. The zero-order chi connectivity index (χ0) is 13.8. The van der Waals surface area contributed by atoms with E-state index in [9.17, 15) is 9.90 Å². The average molecular weight is 262 g/mol. The van der Waals surface area contributed by atoms with Gasteiger partial charge < -0.3 is 15.7 Å². The van der Waals surface area contributed by atoms with E-state index in [1.165, 1.54) is 0 Å². The van der Waals surface area contributed by atoms with Crippen LogP contribution in [0.2, 0.25) is 0 Å². The maximum atomic E-state index is 12.4. The molecule has 1 fully saturated rings. The van der Waals surface area contributed by atoms with Gasteiger partial charge in [-0.2, -0.15) is 0 Å². The predicted octanol–water partition coefficient (Wildman–Crippen LogP) is 1.66. The van der Waals surface area contributed by atoms with Crippen molar-refractivity contribution in [1.82, 2.24) is 4.90 Å². The van der Waals surface area contributed by atoms with Crippen LogP contribution >= 0.6 is 0 Å². The van der Waals surface area contributed by atoms with Crippen LogP contribution in [0, 0.1) is 0 Å². The largest absolute Gasteiger partial charge is 0.508 e. The maximum absolute atomic E-state index is 12.4. The Hall–Kier alpha value is -1.55. The molecular formula is C15H22N2O2. The second-order valence-electron chi connectivity index (χ2n) is 5.31. The van der Waals surface area contributed by atoms with E-state index in [1.54, 1.807) is 24.3 Å². The number of aromatic hydroxyl groups is 1. The van der Waals surface area contributed by atoms with E-state index in [0.717, 1.165) is 24.8 Å². The van der Waals surface area contributed by atoms with Crippen LogP contribution in [0.5, 0.6) is 5.75 Å². The number of amides is 1. The third kappa shape index (κ3) is 3.26. The van der Waals surface area contributed by atoms with E-state index in [1.807, 2.05) is 4.90 Å². The first-order chi connectivity index (χ1) is 9.11. The standard InChI is InChI=1S/C15H22N2O2/c1-11-3-2-4-13(10-16)17(11)15(19)9-12-5-7-14(18)8-6-12/h5-8,11,13,18H,2-4,9-10,16H2,1H3. The maximum Gasteiger partial charge on any atom is 0.227 e. The molecule has 19 heavy (non-hydrogen) atoms.